The van der Waals surface area contributed by atoms with Crippen LogP contribution in [0.5, 0.6) is 0 Å². The molecule has 0 bridgehead atoms. The summed E-state index contributed by atoms with van der Waals surface area (Å²) in [5.74, 6) is 0. The summed E-state index contributed by atoms with van der Waals surface area (Å²) in [5, 5.41) is 3.46. The Kier molecular flexibility index (Phi) is 2.96. The Bertz CT molecular complexity index is 201. The van der Waals surface area contributed by atoms with Crippen LogP contribution in [0.2, 0.25) is 0 Å². The summed E-state index contributed by atoms with van der Waals surface area (Å²) in [6.45, 7) is 2.13. The summed E-state index contributed by atoms with van der Waals surface area (Å²) >= 11 is 5.18. The first kappa shape index (κ1) is 9.56. The quantitative estimate of drug-likeness (QED) is 0.686. The largest absolute Gasteiger partial charge is 0.308 e. The molecule has 1 N–H and O–H groups in total. The van der Waals surface area contributed by atoms with Gasteiger partial charge in [-0.2, -0.15) is 0 Å². The number of thiocarbonyl (C=S) groups is 1. The van der Waals surface area contributed by atoms with Crippen LogP contribution in [0, 0.1) is 0 Å². The Labute approximate surface area is 85.7 Å². The molecule has 1 unspecified atom stereocenters. The highest BCUT2D eigenvalue weighted by Gasteiger charge is 2.26. The van der Waals surface area contributed by atoms with Crippen LogP contribution in [0.3, 0.4) is 0 Å². The summed E-state index contributed by atoms with van der Waals surface area (Å²) in [5.41, 5.74) is 0. The van der Waals surface area contributed by atoms with Gasteiger partial charge >= 0.3 is 0 Å². The van der Waals surface area contributed by atoms with Gasteiger partial charge in [0, 0.05) is 30.0 Å². The molecule has 0 aromatic rings. The standard InChI is InChI=1S/C10H18N2S/c1-12(9-3-2-4-9)7-8-5-10(13)6-11-8/h8-9,11H,2-7H2,1H3. The average molecular weight is 198 g/mol. The molecule has 0 spiro atoms. The normalized spacial score (nSPS) is 29.7. The molecule has 3 heteroatoms. The van der Waals surface area contributed by atoms with E-state index >= 15 is 0 Å². The molecule has 1 heterocycles. The third-order valence-electron chi connectivity index (χ3n) is 3.27. The molecule has 74 valence electrons. The van der Waals surface area contributed by atoms with Gasteiger partial charge in [-0.15, -0.1) is 0 Å². The molecule has 2 rings (SSSR count). The number of nitrogens with zero attached hydrogens (tertiary/aromatic N) is 1. The molecule has 0 aromatic carbocycles. The predicted octanol–water partition coefficient (Wildman–Crippen LogP) is 1.20. The maximum absolute atomic E-state index is 5.18. The molecule has 1 saturated carbocycles. The van der Waals surface area contributed by atoms with E-state index in [-0.39, 0.29) is 0 Å². The third-order valence-corrected chi connectivity index (χ3v) is 3.58. The van der Waals surface area contributed by atoms with Crippen LogP contribution in [-0.4, -0.2) is 42.0 Å². The fourth-order valence-corrected chi connectivity index (χ4v) is 2.42. The molecule has 0 aromatic heterocycles. The van der Waals surface area contributed by atoms with Crippen molar-refractivity contribution in [2.45, 2.75) is 37.8 Å². The molecule has 13 heavy (non-hydrogen) atoms. The molecule has 0 amide bonds. The first-order valence-electron chi connectivity index (χ1n) is 5.21. The van der Waals surface area contributed by atoms with Crippen molar-refractivity contribution < 1.29 is 0 Å². The van der Waals surface area contributed by atoms with E-state index < -0.39 is 0 Å². The Morgan fingerprint density at radius 2 is 2.31 bits per heavy atom. The summed E-state index contributed by atoms with van der Waals surface area (Å²) in [7, 11) is 2.24. The molecule has 1 aliphatic heterocycles. The van der Waals surface area contributed by atoms with Gasteiger partial charge < -0.3 is 10.2 Å². The van der Waals surface area contributed by atoms with Gasteiger partial charge in [-0.3, -0.25) is 0 Å². The van der Waals surface area contributed by atoms with E-state index in [0.29, 0.717) is 6.04 Å². The zero-order valence-electron chi connectivity index (χ0n) is 8.25. The summed E-state index contributed by atoms with van der Waals surface area (Å²) in [4.78, 5) is 3.70. The maximum atomic E-state index is 5.18. The minimum Gasteiger partial charge on any atom is -0.308 e. The number of hydrogen-bond donors (Lipinski definition) is 1. The van der Waals surface area contributed by atoms with Crippen LogP contribution in [0.4, 0.5) is 0 Å². The van der Waals surface area contributed by atoms with Crippen molar-refractivity contribution in [1.82, 2.24) is 10.2 Å². The molecule has 1 atom stereocenters. The van der Waals surface area contributed by atoms with Gasteiger partial charge in [0.25, 0.3) is 0 Å². The topological polar surface area (TPSA) is 15.3 Å². The first-order chi connectivity index (χ1) is 6.25. The third kappa shape index (κ3) is 2.27. The molecule has 0 radical (unpaired) electrons. The molecule has 1 aliphatic carbocycles. The first-order valence-corrected chi connectivity index (χ1v) is 5.62. The zero-order chi connectivity index (χ0) is 9.26. The summed E-state index contributed by atoms with van der Waals surface area (Å²) < 4.78 is 0. The fourth-order valence-electron chi connectivity index (χ4n) is 2.13. The summed E-state index contributed by atoms with van der Waals surface area (Å²) in [6, 6.07) is 1.48. The highest BCUT2D eigenvalue weighted by atomic mass is 32.1. The SMILES string of the molecule is CN(CC1CC(=S)CN1)C1CCC1. The van der Waals surface area contributed by atoms with Crippen molar-refractivity contribution in [3.63, 3.8) is 0 Å². The molecule has 2 nitrogen and oxygen atoms in total. The van der Waals surface area contributed by atoms with Crippen LogP contribution < -0.4 is 5.32 Å². The van der Waals surface area contributed by atoms with E-state index in [9.17, 15) is 0 Å². The van der Waals surface area contributed by atoms with Crippen molar-refractivity contribution in [2.24, 2.45) is 0 Å². The lowest BCUT2D eigenvalue weighted by Gasteiger charge is -2.36. The second-order valence-electron chi connectivity index (χ2n) is 4.34. The zero-order valence-corrected chi connectivity index (χ0v) is 9.07. The number of nitrogens with one attached hydrogen (secondary N) is 1. The fraction of sp³-hybridized carbons (Fsp3) is 0.900. The van der Waals surface area contributed by atoms with Crippen LogP contribution >= 0.6 is 12.2 Å². The molecule has 2 fully saturated rings. The van der Waals surface area contributed by atoms with Crippen LogP contribution in [0.15, 0.2) is 0 Å². The number of hydrogen-bond acceptors (Lipinski definition) is 3. The Morgan fingerprint density at radius 1 is 1.54 bits per heavy atom. The van der Waals surface area contributed by atoms with Gasteiger partial charge in [0.05, 0.1) is 0 Å². The number of rotatable bonds is 3. The molecular weight excluding hydrogens is 180 g/mol. The molecule has 1 saturated heterocycles. The Hall–Kier alpha value is 0.01000. The lowest BCUT2D eigenvalue weighted by atomic mass is 9.91. The van der Waals surface area contributed by atoms with Crippen molar-refractivity contribution in [2.75, 3.05) is 20.1 Å². The second-order valence-corrected chi connectivity index (χ2v) is 4.92. The van der Waals surface area contributed by atoms with E-state index in [4.69, 9.17) is 12.2 Å². The van der Waals surface area contributed by atoms with Crippen molar-refractivity contribution in [3.8, 4) is 0 Å². The highest BCUT2D eigenvalue weighted by Crippen LogP contribution is 2.24. The van der Waals surface area contributed by atoms with Crippen LogP contribution in [0.25, 0.3) is 0 Å². The predicted molar refractivity (Wildman–Crippen MR) is 59.3 cm³/mol. The minimum atomic E-state index is 0.623. The van der Waals surface area contributed by atoms with Crippen molar-refractivity contribution in [1.29, 1.82) is 0 Å². The van der Waals surface area contributed by atoms with Gasteiger partial charge in [0.1, 0.15) is 0 Å². The lowest BCUT2D eigenvalue weighted by Crippen LogP contribution is -2.43. The monoisotopic (exact) mass is 198 g/mol. The Balaban J connectivity index is 1.73. The molecule has 2 aliphatic rings. The minimum absolute atomic E-state index is 0.623. The van der Waals surface area contributed by atoms with Gasteiger partial charge in [-0.1, -0.05) is 18.6 Å². The maximum Gasteiger partial charge on any atom is 0.0273 e. The van der Waals surface area contributed by atoms with Crippen LogP contribution in [-0.2, 0) is 0 Å². The van der Waals surface area contributed by atoms with E-state index in [2.05, 4.69) is 17.3 Å². The van der Waals surface area contributed by atoms with Crippen molar-refractivity contribution in [3.05, 3.63) is 0 Å². The van der Waals surface area contributed by atoms with E-state index in [1.807, 2.05) is 0 Å². The van der Waals surface area contributed by atoms with Gasteiger partial charge in [0.2, 0.25) is 0 Å². The van der Waals surface area contributed by atoms with E-state index in [0.717, 1.165) is 19.0 Å². The van der Waals surface area contributed by atoms with Crippen LogP contribution in [0.1, 0.15) is 25.7 Å². The van der Waals surface area contributed by atoms with Gasteiger partial charge in [-0.05, 0) is 26.3 Å². The van der Waals surface area contributed by atoms with Gasteiger partial charge in [0.15, 0.2) is 0 Å². The number of likely N-dealkylation sites (N-methyl/N-ethyl adjacent to an activating group) is 1. The van der Waals surface area contributed by atoms with E-state index in [1.54, 1.807) is 0 Å². The van der Waals surface area contributed by atoms with Crippen molar-refractivity contribution >= 4 is 17.1 Å². The average Bonchev–Trinajstić information content (AvgIpc) is 2.31. The van der Waals surface area contributed by atoms with Gasteiger partial charge in [-0.25, -0.2) is 0 Å². The Morgan fingerprint density at radius 3 is 2.77 bits per heavy atom. The lowest BCUT2D eigenvalue weighted by molar-refractivity contribution is 0.149. The smallest absolute Gasteiger partial charge is 0.0273 e. The summed E-state index contributed by atoms with van der Waals surface area (Å²) in [6.07, 6.45) is 5.32. The highest BCUT2D eigenvalue weighted by molar-refractivity contribution is 7.80. The van der Waals surface area contributed by atoms with E-state index in [1.165, 1.54) is 30.7 Å². The molecular formula is C10H18N2S. The second kappa shape index (κ2) is 4.03.